The molecule has 1 N–H and O–H groups in total. The van der Waals surface area contributed by atoms with Crippen molar-refractivity contribution < 1.29 is 18.0 Å². The number of amides is 1. The van der Waals surface area contributed by atoms with Crippen LogP contribution in [0.25, 0.3) is 0 Å². The summed E-state index contributed by atoms with van der Waals surface area (Å²) in [4.78, 5) is 12.2. The highest BCUT2D eigenvalue weighted by Crippen LogP contribution is 2.34. The van der Waals surface area contributed by atoms with Gasteiger partial charge in [-0.25, -0.2) is 4.68 Å². The van der Waals surface area contributed by atoms with E-state index in [-0.39, 0.29) is 18.1 Å². The van der Waals surface area contributed by atoms with Gasteiger partial charge in [-0.2, -0.15) is 23.4 Å². The van der Waals surface area contributed by atoms with E-state index in [1.54, 1.807) is 23.3 Å². The first-order valence-corrected chi connectivity index (χ1v) is 7.81. The molecule has 2 heterocycles. The number of hydrogen-bond acceptors (Lipinski definition) is 3. The molecule has 3 rings (SSSR count). The Morgan fingerprint density at radius 1 is 1.20 bits per heavy atom. The van der Waals surface area contributed by atoms with Crippen LogP contribution in [0.1, 0.15) is 16.1 Å². The summed E-state index contributed by atoms with van der Waals surface area (Å²) < 4.78 is 42.7. The molecule has 0 unspecified atom stereocenters. The number of hydrogen-bond donors (Lipinski definition) is 1. The minimum Gasteiger partial charge on any atom is -0.320 e. The van der Waals surface area contributed by atoms with Gasteiger partial charge in [0, 0.05) is 12.4 Å². The molecular formula is C15H11BrF3N5O. The average Bonchev–Trinajstić information content (AvgIpc) is 3.16. The second-order valence-electron chi connectivity index (χ2n) is 5.08. The normalized spacial score (nSPS) is 11.5. The Kier molecular flexibility index (Phi) is 4.62. The molecule has 0 aliphatic heterocycles. The summed E-state index contributed by atoms with van der Waals surface area (Å²) in [6, 6.07) is 6.20. The van der Waals surface area contributed by atoms with Gasteiger partial charge >= 0.3 is 6.18 Å². The van der Waals surface area contributed by atoms with Gasteiger partial charge in [0.05, 0.1) is 21.9 Å². The molecule has 0 atom stereocenters. The summed E-state index contributed by atoms with van der Waals surface area (Å²) in [7, 11) is 0. The molecule has 0 aliphatic rings. The number of carbonyl (C=O) groups excluding carboxylic acids is 1. The van der Waals surface area contributed by atoms with Crippen LogP contribution in [-0.2, 0) is 12.8 Å². The highest BCUT2D eigenvalue weighted by molar-refractivity contribution is 9.10. The maximum absolute atomic E-state index is 13.0. The lowest BCUT2D eigenvalue weighted by molar-refractivity contribution is -0.136. The van der Waals surface area contributed by atoms with E-state index >= 15 is 0 Å². The summed E-state index contributed by atoms with van der Waals surface area (Å²) in [5.74, 6) is -0.725. The number of anilines is 1. The standard InChI is InChI=1S/C15H11BrF3N5O/c16-10-7-20-24(8-10)9-23-6-5-13(22-23)14(25)21-12-4-2-1-3-11(12)15(17,18)19/h1-8H,9H2,(H,21,25). The molecule has 0 saturated carbocycles. The van der Waals surface area contributed by atoms with Gasteiger partial charge in [-0.05, 0) is 34.1 Å². The second-order valence-corrected chi connectivity index (χ2v) is 5.99. The predicted molar refractivity (Wildman–Crippen MR) is 86.9 cm³/mol. The quantitative estimate of drug-likeness (QED) is 0.710. The third-order valence-electron chi connectivity index (χ3n) is 3.25. The van der Waals surface area contributed by atoms with Crippen molar-refractivity contribution in [3.05, 3.63) is 64.7 Å². The van der Waals surface area contributed by atoms with Crippen molar-refractivity contribution >= 4 is 27.5 Å². The predicted octanol–water partition coefficient (Wildman–Crippen LogP) is 3.62. The third kappa shape index (κ3) is 4.08. The van der Waals surface area contributed by atoms with E-state index in [0.717, 1.165) is 10.5 Å². The highest BCUT2D eigenvalue weighted by Gasteiger charge is 2.33. The largest absolute Gasteiger partial charge is 0.418 e. The van der Waals surface area contributed by atoms with Crippen LogP contribution in [0.5, 0.6) is 0 Å². The van der Waals surface area contributed by atoms with Gasteiger partial charge in [0.1, 0.15) is 6.67 Å². The van der Waals surface area contributed by atoms with E-state index in [1.807, 2.05) is 0 Å². The third-order valence-corrected chi connectivity index (χ3v) is 3.65. The molecule has 6 nitrogen and oxygen atoms in total. The van der Waals surface area contributed by atoms with Crippen LogP contribution in [0.4, 0.5) is 18.9 Å². The van der Waals surface area contributed by atoms with E-state index in [9.17, 15) is 18.0 Å². The van der Waals surface area contributed by atoms with Crippen molar-refractivity contribution in [2.45, 2.75) is 12.8 Å². The molecule has 0 radical (unpaired) electrons. The minimum absolute atomic E-state index is 0.00296. The first-order chi connectivity index (χ1) is 11.8. The Labute approximate surface area is 148 Å². The van der Waals surface area contributed by atoms with Gasteiger partial charge in [-0.3, -0.25) is 9.48 Å². The molecule has 0 spiro atoms. The van der Waals surface area contributed by atoms with Crippen molar-refractivity contribution in [3.8, 4) is 0 Å². The number of rotatable bonds is 4. The zero-order valence-corrected chi connectivity index (χ0v) is 14.1. The molecule has 1 amide bonds. The van der Waals surface area contributed by atoms with Gasteiger partial charge in [-0.1, -0.05) is 12.1 Å². The van der Waals surface area contributed by atoms with Crippen molar-refractivity contribution in [2.24, 2.45) is 0 Å². The molecular weight excluding hydrogens is 403 g/mol. The second kappa shape index (κ2) is 6.71. The van der Waals surface area contributed by atoms with Crippen LogP contribution in [0, 0.1) is 0 Å². The monoisotopic (exact) mass is 413 g/mol. The van der Waals surface area contributed by atoms with Gasteiger partial charge in [0.15, 0.2) is 5.69 Å². The summed E-state index contributed by atoms with van der Waals surface area (Å²) in [5, 5.41) is 10.4. The van der Waals surface area contributed by atoms with Crippen LogP contribution >= 0.6 is 15.9 Å². The molecule has 25 heavy (non-hydrogen) atoms. The van der Waals surface area contributed by atoms with Crippen LogP contribution < -0.4 is 5.32 Å². The van der Waals surface area contributed by atoms with Crippen LogP contribution in [0.3, 0.4) is 0 Å². The lowest BCUT2D eigenvalue weighted by Gasteiger charge is -2.12. The molecule has 2 aromatic heterocycles. The molecule has 1 aromatic carbocycles. The molecule has 10 heteroatoms. The molecule has 0 saturated heterocycles. The number of benzene rings is 1. The van der Waals surface area contributed by atoms with Crippen molar-refractivity contribution in [1.82, 2.24) is 19.6 Å². The number of nitrogens with zero attached hydrogens (tertiary/aromatic N) is 4. The molecule has 0 fully saturated rings. The fourth-order valence-electron chi connectivity index (χ4n) is 2.15. The number of carbonyl (C=O) groups is 1. The Bertz CT molecular complexity index is 902. The first-order valence-electron chi connectivity index (χ1n) is 7.02. The van der Waals surface area contributed by atoms with Crippen molar-refractivity contribution in [3.63, 3.8) is 0 Å². The summed E-state index contributed by atoms with van der Waals surface area (Å²) in [6.45, 7) is 0.262. The Morgan fingerprint density at radius 2 is 1.96 bits per heavy atom. The van der Waals surface area contributed by atoms with Crippen LogP contribution in [0.15, 0.2) is 53.4 Å². The van der Waals surface area contributed by atoms with Crippen LogP contribution in [-0.4, -0.2) is 25.5 Å². The zero-order valence-electron chi connectivity index (χ0n) is 12.5. The Balaban J connectivity index is 1.75. The average molecular weight is 414 g/mol. The topological polar surface area (TPSA) is 64.7 Å². The Hall–Kier alpha value is -2.62. The van der Waals surface area contributed by atoms with E-state index in [4.69, 9.17) is 0 Å². The van der Waals surface area contributed by atoms with E-state index in [1.165, 1.54) is 28.9 Å². The summed E-state index contributed by atoms with van der Waals surface area (Å²) in [5.41, 5.74) is -1.22. The maximum atomic E-state index is 13.0. The molecule has 0 aliphatic carbocycles. The molecule has 3 aromatic rings. The Morgan fingerprint density at radius 3 is 2.64 bits per heavy atom. The van der Waals surface area contributed by atoms with Crippen molar-refractivity contribution in [2.75, 3.05) is 5.32 Å². The first kappa shape index (κ1) is 17.2. The van der Waals surface area contributed by atoms with Gasteiger partial charge in [0.2, 0.25) is 0 Å². The molecule has 130 valence electrons. The number of aromatic nitrogens is 4. The van der Waals surface area contributed by atoms with Gasteiger partial charge in [-0.15, -0.1) is 0 Å². The van der Waals surface area contributed by atoms with Gasteiger partial charge in [0.25, 0.3) is 5.91 Å². The summed E-state index contributed by atoms with van der Waals surface area (Å²) >= 11 is 3.26. The van der Waals surface area contributed by atoms with E-state index in [2.05, 4.69) is 31.4 Å². The number of nitrogens with one attached hydrogen (secondary N) is 1. The zero-order chi connectivity index (χ0) is 18.0. The lowest BCUT2D eigenvalue weighted by atomic mass is 10.1. The van der Waals surface area contributed by atoms with E-state index in [0.29, 0.717) is 0 Å². The highest BCUT2D eigenvalue weighted by atomic mass is 79.9. The number of para-hydroxylation sites is 1. The number of alkyl halides is 3. The van der Waals surface area contributed by atoms with Crippen LogP contribution in [0.2, 0.25) is 0 Å². The SMILES string of the molecule is O=C(Nc1ccccc1C(F)(F)F)c1ccn(Cn2cc(Br)cn2)n1. The lowest BCUT2D eigenvalue weighted by Crippen LogP contribution is -2.18. The summed E-state index contributed by atoms with van der Waals surface area (Å²) in [6.07, 6.45) is 0.309. The fraction of sp³-hybridized carbons (Fsp3) is 0.133. The van der Waals surface area contributed by atoms with Crippen molar-refractivity contribution in [1.29, 1.82) is 0 Å². The minimum atomic E-state index is -4.56. The van der Waals surface area contributed by atoms with E-state index < -0.39 is 17.6 Å². The molecule has 0 bridgehead atoms. The number of halogens is 4. The maximum Gasteiger partial charge on any atom is 0.418 e. The van der Waals surface area contributed by atoms with Gasteiger partial charge < -0.3 is 5.32 Å². The fourth-order valence-corrected chi connectivity index (χ4v) is 2.48. The smallest absolute Gasteiger partial charge is 0.320 e.